The second kappa shape index (κ2) is 7.99. The standard InChI is InChI=1S/C19H21N5O3/c1-2-4-19(25)21-14-5-3-8-23(12-14)18-9-13(11-20)16-10-15(24(26)27)6-7-17(16)22-18/h6-7,9-10,14H,2-5,8,12H2,1H3,(H,21,25). The van der Waals surface area contributed by atoms with E-state index in [1.54, 1.807) is 12.1 Å². The normalized spacial score (nSPS) is 16.7. The van der Waals surface area contributed by atoms with Crippen molar-refractivity contribution < 1.29 is 9.72 Å². The summed E-state index contributed by atoms with van der Waals surface area (Å²) in [4.78, 5) is 29.0. The molecule has 27 heavy (non-hydrogen) atoms. The van der Waals surface area contributed by atoms with Crippen LogP contribution in [-0.4, -0.2) is 34.9 Å². The molecule has 1 amide bonds. The van der Waals surface area contributed by atoms with Gasteiger partial charge in [0.1, 0.15) is 5.82 Å². The Morgan fingerprint density at radius 1 is 1.48 bits per heavy atom. The second-order valence-electron chi connectivity index (χ2n) is 6.70. The van der Waals surface area contributed by atoms with Gasteiger partial charge in [0.15, 0.2) is 0 Å². The number of nitrogens with one attached hydrogen (secondary N) is 1. The molecule has 2 aromatic rings. The van der Waals surface area contributed by atoms with Crippen LogP contribution in [0.25, 0.3) is 10.9 Å². The van der Waals surface area contributed by atoms with Crippen molar-refractivity contribution in [3.05, 3.63) is 39.9 Å². The number of nitrogens with zero attached hydrogens (tertiary/aromatic N) is 4. The van der Waals surface area contributed by atoms with E-state index in [0.29, 0.717) is 35.2 Å². The highest BCUT2D eigenvalue weighted by molar-refractivity contribution is 5.88. The predicted octanol–water partition coefficient (Wildman–Crippen LogP) is 2.90. The number of nitro benzene ring substituents is 1. The summed E-state index contributed by atoms with van der Waals surface area (Å²) in [6.07, 6.45) is 3.16. The molecule has 1 fully saturated rings. The van der Waals surface area contributed by atoms with Crippen molar-refractivity contribution in [2.24, 2.45) is 0 Å². The third-order valence-electron chi connectivity index (χ3n) is 4.70. The van der Waals surface area contributed by atoms with Gasteiger partial charge in [-0.3, -0.25) is 14.9 Å². The number of piperidine rings is 1. The molecule has 0 saturated carbocycles. The fourth-order valence-corrected chi connectivity index (χ4v) is 3.40. The third kappa shape index (κ3) is 4.14. The maximum atomic E-state index is 11.9. The zero-order chi connectivity index (χ0) is 19.4. The molecular weight excluding hydrogens is 346 g/mol. The summed E-state index contributed by atoms with van der Waals surface area (Å²) < 4.78 is 0. The lowest BCUT2D eigenvalue weighted by Crippen LogP contribution is -2.48. The van der Waals surface area contributed by atoms with Crippen LogP contribution < -0.4 is 10.2 Å². The van der Waals surface area contributed by atoms with Crippen molar-refractivity contribution in [1.29, 1.82) is 5.26 Å². The molecule has 0 spiro atoms. The van der Waals surface area contributed by atoms with Crippen LogP contribution in [0.4, 0.5) is 11.5 Å². The largest absolute Gasteiger partial charge is 0.355 e. The van der Waals surface area contributed by atoms with E-state index in [1.165, 1.54) is 12.1 Å². The first-order valence-electron chi connectivity index (χ1n) is 9.05. The molecule has 1 aromatic heterocycles. The minimum absolute atomic E-state index is 0.0534. The van der Waals surface area contributed by atoms with E-state index in [2.05, 4.69) is 21.3 Å². The molecule has 1 N–H and O–H groups in total. The number of benzene rings is 1. The maximum absolute atomic E-state index is 11.9. The van der Waals surface area contributed by atoms with Gasteiger partial charge in [0.05, 0.1) is 22.1 Å². The van der Waals surface area contributed by atoms with Gasteiger partial charge in [0.25, 0.3) is 5.69 Å². The summed E-state index contributed by atoms with van der Waals surface area (Å²) >= 11 is 0. The smallest absolute Gasteiger partial charge is 0.270 e. The second-order valence-corrected chi connectivity index (χ2v) is 6.70. The molecule has 0 aliphatic carbocycles. The lowest BCUT2D eigenvalue weighted by molar-refractivity contribution is -0.384. The highest BCUT2D eigenvalue weighted by Gasteiger charge is 2.23. The predicted molar refractivity (Wildman–Crippen MR) is 101 cm³/mol. The van der Waals surface area contributed by atoms with Crippen LogP contribution in [-0.2, 0) is 4.79 Å². The van der Waals surface area contributed by atoms with Crippen LogP contribution in [0.3, 0.4) is 0 Å². The van der Waals surface area contributed by atoms with Crippen LogP contribution in [0.2, 0.25) is 0 Å². The molecule has 1 aliphatic rings. The molecule has 1 atom stereocenters. The number of nitro groups is 1. The molecule has 8 nitrogen and oxygen atoms in total. The van der Waals surface area contributed by atoms with Gasteiger partial charge in [-0.1, -0.05) is 6.92 Å². The molecule has 140 valence electrons. The molecule has 0 bridgehead atoms. The summed E-state index contributed by atoms with van der Waals surface area (Å²) in [6.45, 7) is 3.39. The average molecular weight is 367 g/mol. The Hall–Kier alpha value is -3.21. The Balaban J connectivity index is 1.88. The van der Waals surface area contributed by atoms with E-state index in [-0.39, 0.29) is 17.6 Å². The van der Waals surface area contributed by atoms with Crippen molar-refractivity contribution in [1.82, 2.24) is 10.3 Å². The third-order valence-corrected chi connectivity index (χ3v) is 4.70. The first kappa shape index (κ1) is 18.6. The van der Waals surface area contributed by atoms with Crippen molar-refractivity contribution in [2.75, 3.05) is 18.0 Å². The van der Waals surface area contributed by atoms with Crippen LogP contribution >= 0.6 is 0 Å². The van der Waals surface area contributed by atoms with Gasteiger partial charge in [-0.25, -0.2) is 4.98 Å². The quantitative estimate of drug-likeness (QED) is 0.642. The molecular formula is C19H21N5O3. The van der Waals surface area contributed by atoms with Crippen molar-refractivity contribution in [3.63, 3.8) is 0 Å². The fourth-order valence-electron chi connectivity index (χ4n) is 3.40. The summed E-state index contributed by atoms with van der Waals surface area (Å²) in [5, 5.41) is 24.0. The topological polar surface area (TPSA) is 112 Å². The molecule has 2 heterocycles. The first-order chi connectivity index (χ1) is 13.0. The number of carbonyl (C=O) groups excluding carboxylic acids is 1. The number of anilines is 1. The van der Waals surface area contributed by atoms with Crippen LogP contribution in [0.15, 0.2) is 24.3 Å². The maximum Gasteiger partial charge on any atom is 0.270 e. The van der Waals surface area contributed by atoms with E-state index < -0.39 is 4.92 Å². The van der Waals surface area contributed by atoms with Crippen LogP contribution in [0, 0.1) is 21.4 Å². The Bertz CT molecular complexity index is 921. The minimum atomic E-state index is -0.483. The number of carbonyl (C=O) groups is 1. The monoisotopic (exact) mass is 367 g/mol. The molecule has 0 radical (unpaired) electrons. The number of aromatic nitrogens is 1. The Morgan fingerprint density at radius 2 is 2.30 bits per heavy atom. The van der Waals surface area contributed by atoms with E-state index >= 15 is 0 Å². The number of nitriles is 1. The zero-order valence-corrected chi connectivity index (χ0v) is 15.1. The first-order valence-corrected chi connectivity index (χ1v) is 9.05. The molecule has 1 aliphatic heterocycles. The van der Waals surface area contributed by atoms with Gasteiger partial charge in [0, 0.05) is 43.1 Å². The number of rotatable bonds is 5. The summed E-state index contributed by atoms with van der Waals surface area (Å²) in [5.74, 6) is 0.711. The van der Waals surface area contributed by atoms with E-state index in [0.717, 1.165) is 25.8 Å². The highest BCUT2D eigenvalue weighted by atomic mass is 16.6. The van der Waals surface area contributed by atoms with Crippen LogP contribution in [0.1, 0.15) is 38.2 Å². The molecule has 1 unspecified atom stereocenters. The SMILES string of the molecule is CCCC(=O)NC1CCCN(c2cc(C#N)c3cc([N+](=O)[O-])ccc3n2)C1. The van der Waals surface area contributed by atoms with Crippen molar-refractivity contribution in [3.8, 4) is 6.07 Å². The van der Waals surface area contributed by atoms with Gasteiger partial charge in [-0.05, 0) is 31.4 Å². The lowest BCUT2D eigenvalue weighted by Gasteiger charge is -2.34. The number of amides is 1. The fraction of sp³-hybridized carbons (Fsp3) is 0.421. The van der Waals surface area contributed by atoms with E-state index in [4.69, 9.17) is 0 Å². The van der Waals surface area contributed by atoms with Crippen LogP contribution in [0.5, 0.6) is 0 Å². The van der Waals surface area contributed by atoms with Crippen molar-refractivity contribution in [2.45, 2.75) is 38.6 Å². The van der Waals surface area contributed by atoms with Gasteiger partial charge in [0.2, 0.25) is 5.91 Å². The Morgan fingerprint density at radius 3 is 3.00 bits per heavy atom. The Labute approximate surface area is 156 Å². The molecule has 8 heteroatoms. The number of fused-ring (bicyclic) bond motifs is 1. The number of hydrogen-bond acceptors (Lipinski definition) is 6. The van der Waals surface area contributed by atoms with Gasteiger partial charge in [-0.15, -0.1) is 0 Å². The lowest BCUT2D eigenvalue weighted by atomic mass is 10.0. The number of non-ortho nitro benzene ring substituents is 1. The summed E-state index contributed by atoms with van der Waals surface area (Å²) in [5.41, 5.74) is 0.841. The molecule has 3 rings (SSSR count). The zero-order valence-electron chi connectivity index (χ0n) is 15.1. The number of pyridine rings is 1. The summed E-state index contributed by atoms with van der Waals surface area (Å²) in [7, 11) is 0. The average Bonchev–Trinajstić information content (AvgIpc) is 2.67. The van der Waals surface area contributed by atoms with Crippen molar-refractivity contribution >= 4 is 28.3 Å². The molecule has 1 saturated heterocycles. The van der Waals surface area contributed by atoms with Gasteiger partial charge >= 0.3 is 0 Å². The van der Waals surface area contributed by atoms with Gasteiger partial charge in [-0.2, -0.15) is 5.26 Å². The number of hydrogen-bond donors (Lipinski definition) is 1. The highest BCUT2D eigenvalue weighted by Crippen LogP contribution is 2.27. The minimum Gasteiger partial charge on any atom is -0.355 e. The van der Waals surface area contributed by atoms with E-state index in [9.17, 15) is 20.2 Å². The van der Waals surface area contributed by atoms with E-state index in [1.807, 2.05) is 6.92 Å². The van der Waals surface area contributed by atoms with Gasteiger partial charge < -0.3 is 10.2 Å². The molecule has 1 aromatic carbocycles. The Kier molecular flexibility index (Phi) is 5.50. The summed E-state index contributed by atoms with van der Waals surface area (Å²) in [6, 6.07) is 8.19.